The summed E-state index contributed by atoms with van der Waals surface area (Å²) in [5.41, 5.74) is 0.144. The fourth-order valence-corrected chi connectivity index (χ4v) is 1.50. The van der Waals surface area contributed by atoms with E-state index in [0.29, 0.717) is 0 Å². The fourth-order valence-electron chi connectivity index (χ4n) is 1.50. The molecule has 0 bridgehead atoms. The summed E-state index contributed by atoms with van der Waals surface area (Å²) in [5.74, 6) is -0.397. The van der Waals surface area contributed by atoms with Gasteiger partial charge in [-0.25, -0.2) is 14.8 Å². The average Bonchev–Trinajstić information content (AvgIpc) is 2.46. The summed E-state index contributed by atoms with van der Waals surface area (Å²) in [6, 6.07) is 6.82. The second kappa shape index (κ2) is 6.74. The number of hydrogen-bond acceptors (Lipinski definition) is 5. The average molecular weight is 313 g/mol. The van der Waals surface area contributed by atoms with Crippen molar-refractivity contribution in [1.82, 2.24) is 15.3 Å². The molecule has 2 rings (SSSR count). The lowest BCUT2D eigenvalue weighted by molar-refractivity contribution is -0.274. The molecule has 0 aliphatic heterocycles. The molecule has 116 valence electrons. The Morgan fingerprint density at radius 1 is 1.14 bits per heavy atom. The van der Waals surface area contributed by atoms with E-state index in [-0.39, 0.29) is 18.1 Å². The molecule has 0 spiro atoms. The van der Waals surface area contributed by atoms with Crippen LogP contribution in [0.15, 0.2) is 42.7 Å². The lowest BCUT2D eigenvalue weighted by Crippen LogP contribution is -2.27. The van der Waals surface area contributed by atoms with Crippen LogP contribution < -0.4 is 14.8 Å². The maximum absolute atomic E-state index is 12.3. The van der Waals surface area contributed by atoms with Gasteiger partial charge in [0.05, 0.1) is 0 Å². The van der Waals surface area contributed by atoms with Crippen LogP contribution >= 0.6 is 0 Å². The van der Waals surface area contributed by atoms with E-state index in [2.05, 4.69) is 20.0 Å². The summed E-state index contributed by atoms with van der Waals surface area (Å²) in [4.78, 5) is 18.9. The minimum atomic E-state index is -4.81. The molecule has 1 heterocycles. The van der Waals surface area contributed by atoms with E-state index in [0.717, 1.165) is 6.07 Å². The molecule has 0 radical (unpaired) electrons. The Morgan fingerprint density at radius 2 is 1.82 bits per heavy atom. The zero-order valence-electron chi connectivity index (χ0n) is 11.0. The highest BCUT2D eigenvalue weighted by molar-refractivity contribution is 5.69. The summed E-state index contributed by atoms with van der Waals surface area (Å²) in [6.07, 6.45) is -2.95. The number of nitrogens with zero attached hydrogens (tertiary/aromatic N) is 2. The van der Waals surface area contributed by atoms with Gasteiger partial charge in [0.2, 0.25) is 0 Å². The lowest BCUT2D eigenvalue weighted by atomic mass is 10.2. The molecule has 0 unspecified atom stereocenters. The Hall–Kier alpha value is -2.84. The van der Waals surface area contributed by atoms with Gasteiger partial charge in [-0.3, -0.25) is 0 Å². The summed E-state index contributed by atoms with van der Waals surface area (Å²) in [6.45, 7) is -0.210. The van der Waals surface area contributed by atoms with Gasteiger partial charge in [0, 0.05) is 24.5 Å². The molecule has 0 fully saturated rings. The molecular formula is C13H10F3N3O3. The Labute approximate surface area is 122 Å². The summed E-state index contributed by atoms with van der Waals surface area (Å²) in [5, 5.41) is 2.29. The number of carbonyl (C=O) groups is 1. The molecule has 0 aliphatic carbocycles. The number of benzene rings is 1. The van der Waals surface area contributed by atoms with E-state index in [9.17, 15) is 18.0 Å². The van der Waals surface area contributed by atoms with Crippen LogP contribution in [0.3, 0.4) is 0 Å². The Bertz CT molecular complexity index is 635. The van der Waals surface area contributed by atoms with Crippen LogP contribution in [-0.2, 0) is 6.54 Å². The maximum atomic E-state index is 12.3. The first-order valence-electron chi connectivity index (χ1n) is 6.00. The van der Waals surface area contributed by atoms with E-state index in [4.69, 9.17) is 4.74 Å². The van der Waals surface area contributed by atoms with Gasteiger partial charge in [0.25, 0.3) is 0 Å². The van der Waals surface area contributed by atoms with Crippen molar-refractivity contribution in [1.29, 1.82) is 0 Å². The van der Waals surface area contributed by atoms with Crippen molar-refractivity contribution >= 4 is 6.09 Å². The molecule has 9 heteroatoms. The topological polar surface area (TPSA) is 73.3 Å². The van der Waals surface area contributed by atoms with Gasteiger partial charge in [-0.05, 0) is 12.1 Å². The second-order valence-electron chi connectivity index (χ2n) is 3.93. The number of nitrogens with one attached hydrogen (secondary N) is 1. The zero-order valence-corrected chi connectivity index (χ0v) is 11.0. The smallest absolute Gasteiger partial charge is 0.405 e. The van der Waals surface area contributed by atoms with Crippen LogP contribution in [0.2, 0.25) is 0 Å². The van der Waals surface area contributed by atoms with Gasteiger partial charge in [-0.2, -0.15) is 0 Å². The van der Waals surface area contributed by atoms with Crippen LogP contribution in [0.4, 0.5) is 18.0 Å². The number of alkyl halides is 3. The van der Waals surface area contributed by atoms with E-state index < -0.39 is 18.2 Å². The third-order valence-electron chi connectivity index (χ3n) is 2.35. The summed E-state index contributed by atoms with van der Waals surface area (Å²) in [7, 11) is 0. The number of carbonyl (C=O) groups excluding carboxylic acids is 1. The molecule has 6 nitrogen and oxygen atoms in total. The Kier molecular flexibility index (Phi) is 4.77. The molecule has 22 heavy (non-hydrogen) atoms. The van der Waals surface area contributed by atoms with Gasteiger partial charge in [-0.1, -0.05) is 18.2 Å². The first kappa shape index (κ1) is 15.5. The highest BCUT2D eigenvalue weighted by Crippen LogP contribution is 2.26. The molecule has 0 aliphatic rings. The largest absolute Gasteiger partial charge is 0.573 e. The predicted octanol–water partition coefficient (Wildman–Crippen LogP) is 2.66. The molecule has 1 N–H and O–H groups in total. The SMILES string of the molecule is O=C(NCc1ccccc1OC(F)(F)F)Oc1ncccn1. The lowest BCUT2D eigenvalue weighted by Gasteiger charge is -2.13. The normalized spacial score (nSPS) is 10.9. The van der Waals surface area contributed by atoms with Crippen LogP contribution in [-0.4, -0.2) is 22.4 Å². The van der Waals surface area contributed by atoms with Crippen molar-refractivity contribution in [2.75, 3.05) is 0 Å². The quantitative estimate of drug-likeness (QED) is 0.939. The highest BCUT2D eigenvalue weighted by Gasteiger charge is 2.31. The Balaban J connectivity index is 1.95. The van der Waals surface area contributed by atoms with Crippen molar-refractivity contribution in [3.63, 3.8) is 0 Å². The van der Waals surface area contributed by atoms with Crippen molar-refractivity contribution in [2.24, 2.45) is 0 Å². The summed E-state index contributed by atoms with van der Waals surface area (Å²) >= 11 is 0. The molecule has 0 atom stereocenters. The molecule has 0 saturated heterocycles. The number of amides is 1. The van der Waals surface area contributed by atoms with Gasteiger partial charge >= 0.3 is 18.5 Å². The third kappa shape index (κ3) is 4.93. The first-order chi connectivity index (χ1) is 10.4. The monoisotopic (exact) mass is 313 g/mol. The maximum Gasteiger partial charge on any atom is 0.573 e. The number of para-hydroxylation sites is 1. The van der Waals surface area contributed by atoms with Crippen molar-refractivity contribution in [3.05, 3.63) is 48.3 Å². The van der Waals surface area contributed by atoms with E-state index in [1.54, 1.807) is 0 Å². The molecule has 1 aromatic carbocycles. The highest BCUT2D eigenvalue weighted by atomic mass is 19.4. The third-order valence-corrected chi connectivity index (χ3v) is 2.35. The van der Waals surface area contributed by atoms with Crippen LogP contribution in [0, 0.1) is 0 Å². The molecule has 1 aromatic heterocycles. The number of hydrogen-bond donors (Lipinski definition) is 1. The summed E-state index contributed by atoms with van der Waals surface area (Å²) < 4.78 is 45.4. The van der Waals surface area contributed by atoms with Gasteiger partial charge in [0.1, 0.15) is 5.75 Å². The zero-order chi connectivity index (χ0) is 16.0. The molecule has 1 amide bonds. The van der Waals surface area contributed by atoms with Crippen molar-refractivity contribution in [3.8, 4) is 11.8 Å². The van der Waals surface area contributed by atoms with E-state index in [1.807, 2.05) is 0 Å². The van der Waals surface area contributed by atoms with Crippen LogP contribution in [0.25, 0.3) is 0 Å². The van der Waals surface area contributed by atoms with E-state index >= 15 is 0 Å². The van der Waals surface area contributed by atoms with Crippen LogP contribution in [0.5, 0.6) is 11.8 Å². The minimum Gasteiger partial charge on any atom is -0.405 e. The molecule has 0 saturated carbocycles. The van der Waals surface area contributed by atoms with Crippen LogP contribution in [0.1, 0.15) is 5.56 Å². The van der Waals surface area contributed by atoms with E-state index in [1.165, 1.54) is 36.7 Å². The first-order valence-corrected chi connectivity index (χ1v) is 6.00. The minimum absolute atomic E-state index is 0.144. The predicted molar refractivity (Wildman–Crippen MR) is 68.0 cm³/mol. The molecular weight excluding hydrogens is 303 g/mol. The number of aromatic nitrogens is 2. The second-order valence-corrected chi connectivity index (χ2v) is 3.93. The standard InChI is InChI=1S/C13H10F3N3O3/c14-13(15,16)22-10-5-2-1-4-9(10)8-19-12(20)21-11-17-6-3-7-18-11/h1-7H,8H2,(H,19,20). The van der Waals surface area contributed by atoms with Gasteiger partial charge in [-0.15, -0.1) is 13.2 Å². The van der Waals surface area contributed by atoms with Crippen molar-refractivity contribution in [2.45, 2.75) is 12.9 Å². The Morgan fingerprint density at radius 3 is 2.50 bits per heavy atom. The fraction of sp³-hybridized carbons (Fsp3) is 0.154. The van der Waals surface area contributed by atoms with Crippen molar-refractivity contribution < 1.29 is 27.4 Å². The van der Waals surface area contributed by atoms with Gasteiger partial charge in [0.15, 0.2) is 0 Å². The molecule has 2 aromatic rings. The number of ether oxygens (including phenoxy) is 2. The number of rotatable bonds is 4. The number of halogens is 3. The van der Waals surface area contributed by atoms with Gasteiger partial charge < -0.3 is 14.8 Å².